The van der Waals surface area contributed by atoms with Gasteiger partial charge in [-0.25, -0.2) is 0 Å². The van der Waals surface area contributed by atoms with E-state index in [-0.39, 0.29) is 5.92 Å². The highest BCUT2D eigenvalue weighted by Gasteiger charge is 2.16. The fourth-order valence-electron chi connectivity index (χ4n) is 4.54. The highest BCUT2D eigenvalue weighted by atomic mass is 16.4. The van der Waals surface area contributed by atoms with E-state index < -0.39 is 5.97 Å². The molecule has 0 saturated heterocycles. The lowest BCUT2D eigenvalue weighted by molar-refractivity contribution is -0.142. The standard InChI is InChI=1S/C30H58O2/c1-3-5-7-9-11-13-15-16-17-18-20-22-24-26-28-29(30(31)32)27-25-23-21-19-14-12-10-8-6-4-2/h10,12,29H,3-9,11,13-28H2,1-2H3,(H,31,32)/b12-10-. The highest BCUT2D eigenvalue weighted by molar-refractivity contribution is 5.69. The molecule has 0 aromatic heterocycles. The quantitative estimate of drug-likeness (QED) is 0.105. The second-order valence-electron chi connectivity index (χ2n) is 10.0. The smallest absolute Gasteiger partial charge is 0.306 e. The van der Waals surface area contributed by atoms with Crippen LogP contribution in [-0.2, 0) is 4.79 Å². The first kappa shape index (κ1) is 31.2. The molecule has 1 N–H and O–H groups in total. The summed E-state index contributed by atoms with van der Waals surface area (Å²) < 4.78 is 0. The Hall–Kier alpha value is -0.790. The van der Waals surface area contributed by atoms with Crippen LogP contribution in [0, 0.1) is 5.92 Å². The number of hydrogen-bond donors (Lipinski definition) is 1. The number of rotatable bonds is 26. The third-order valence-corrected chi connectivity index (χ3v) is 6.82. The molecule has 190 valence electrons. The van der Waals surface area contributed by atoms with Gasteiger partial charge in [0.25, 0.3) is 0 Å². The normalized spacial score (nSPS) is 12.6. The minimum atomic E-state index is -0.571. The molecule has 1 atom stereocenters. The second kappa shape index (κ2) is 26.5. The molecule has 0 aliphatic carbocycles. The van der Waals surface area contributed by atoms with E-state index in [1.807, 2.05) is 0 Å². The van der Waals surface area contributed by atoms with Gasteiger partial charge in [0.05, 0.1) is 5.92 Å². The van der Waals surface area contributed by atoms with Gasteiger partial charge in [0.2, 0.25) is 0 Å². The van der Waals surface area contributed by atoms with Crippen LogP contribution < -0.4 is 0 Å². The van der Waals surface area contributed by atoms with Gasteiger partial charge >= 0.3 is 5.97 Å². The Balaban J connectivity index is 3.45. The zero-order valence-electron chi connectivity index (χ0n) is 22.1. The largest absolute Gasteiger partial charge is 0.481 e. The predicted molar refractivity (Wildman–Crippen MR) is 142 cm³/mol. The zero-order valence-corrected chi connectivity index (χ0v) is 22.1. The van der Waals surface area contributed by atoms with Crippen LogP contribution in [0.1, 0.15) is 168 Å². The van der Waals surface area contributed by atoms with Crippen LogP contribution in [0.5, 0.6) is 0 Å². The van der Waals surface area contributed by atoms with E-state index in [4.69, 9.17) is 0 Å². The molecule has 0 heterocycles. The van der Waals surface area contributed by atoms with Gasteiger partial charge in [-0.1, -0.05) is 148 Å². The summed E-state index contributed by atoms with van der Waals surface area (Å²) in [6.45, 7) is 4.51. The molecule has 2 nitrogen and oxygen atoms in total. The van der Waals surface area contributed by atoms with E-state index in [0.717, 1.165) is 25.7 Å². The molecule has 0 amide bonds. The van der Waals surface area contributed by atoms with Gasteiger partial charge in [-0.05, 0) is 32.1 Å². The average Bonchev–Trinajstić information content (AvgIpc) is 2.78. The van der Waals surface area contributed by atoms with Gasteiger partial charge in [-0.2, -0.15) is 0 Å². The van der Waals surface area contributed by atoms with Crippen molar-refractivity contribution in [3.63, 3.8) is 0 Å². The van der Waals surface area contributed by atoms with Crippen molar-refractivity contribution in [1.29, 1.82) is 0 Å². The van der Waals surface area contributed by atoms with Gasteiger partial charge in [0.15, 0.2) is 0 Å². The van der Waals surface area contributed by atoms with Crippen LogP contribution in [0.4, 0.5) is 0 Å². The highest BCUT2D eigenvalue weighted by Crippen LogP contribution is 2.20. The fourth-order valence-corrected chi connectivity index (χ4v) is 4.54. The van der Waals surface area contributed by atoms with Crippen LogP contribution in [0.15, 0.2) is 12.2 Å². The molecule has 0 rings (SSSR count). The molecule has 0 fully saturated rings. The van der Waals surface area contributed by atoms with Gasteiger partial charge in [0, 0.05) is 0 Å². The monoisotopic (exact) mass is 450 g/mol. The summed E-state index contributed by atoms with van der Waals surface area (Å²) in [7, 11) is 0. The Morgan fingerprint density at radius 1 is 0.531 bits per heavy atom. The van der Waals surface area contributed by atoms with E-state index in [0.29, 0.717) is 0 Å². The van der Waals surface area contributed by atoms with Crippen molar-refractivity contribution >= 4 is 5.97 Å². The van der Waals surface area contributed by atoms with Gasteiger partial charge in [0.1, 0.15) is 0 Å². The van der Waals surface area contributed by atoms with Crippen LogP contribution in [-0.4, -0.2) is 11.1 Å². The zero-order chi connectivity index (χ0) is 23.5. The Kier molecular flexibility index (Phi) is 25.8. The molecule has 0 saturated carbocycles. The van der Waals surface area contributed by atoms with Crippen molar-refractivity contribution in [3.8, 4) is 0 Å². The van der Waals surface area contributed by atoms with Crippen molar-refractivity contribution in [2.24, 2.45) is 5.92 Å². The minimum absolute atomic E-state index is 0.110. The van der Waals surface area contributed by atoms with Gasteiger partial charge < -0.3 is 5.11 Å². The number of aliphatic carboxylic acids is 1. The van der Waals surface area contributed by atoms with Gasteiger partial charge in [-0.3, -0.25) is 4.79 Å². The lowest BCUT2D eigenvalue weighted by Crippen LogP contribution is -2.13. The Bertz CT molecular complexity index is 402. The lowest BCUT2D eigenvalue weighted by atomic mass is 9.94. The number of allylic oxidation sites excluding steroid dienone is 2. The number of carbonyl (C=O) groups is 1. The third-order valence-electron chi connectivity index (χ3n) is 6.82. The van der Waals surface area contributed by atoms with Crippen LogP contribution in [0.2, 0.25) is 0 Å². The summed E-state index contributed by atoms with van der Waals surface area (Å²) in [5, 5.41) is 9.51. The Morgan fingerprint density at radius 3 is 1.28 bits per heavy atom. The van der Waals surface area contributed by atoms with Crippen molar-refractivity contribution in [1.82, 2.24) is 0 Å². The van der Waals surface area contributed by atoms with Crippen molar-refractivity contribution in [2.75, 3.05) is 0 Å². The molecule has 0 radical (unpaired) electrons. The molecule has 1 unspecified atom stereocenters. The van der Waals surface area contributed by atoms with E-state index in [1.165, 1.54) is 128 Å². The Morgan fingerprint density at radius 2 is 0.875 bits per heavy atom. The number of hydrogen-bond acceptors (Lipinski definition) is 1. The van der Waals surface area contributed by atoms with E-state index in [9.17, 15) is 9.90 Å². The maximum atomic E-state index is 11.5. The molecular formula is C30H58O2. The maximum absolute atomic E-state index is 11.5. The molecular weight excluding hydrogens is 392 g/mol. The van der Waals surface area contributed by atoms with Crippen molar-refractivity contribution < 1.29 is 9.90 Å². The SMILES string of the molecule is CCCC/C=C\CCCCCCC(CCCCCCCCCCCCCCCC)C(=O)O. The lowest BCUT2D eigenvalue weighted by Gasteiger charge is -2.12. The Labute approximate surface area is 202 Å². The maximum Gasteiger partial charge on any atom is 0.306 e. The summed E-state index contributed by atoms with van der Waals surface area (Å²) in [5.74, 6) is -0.681. The molecule has 0 bridgehead atoms. The summed E-state index contributed by atoms with van der Waals surface area (Å²) in [6, 6.07) is 0. The molecule has 0 aromatic rings. The molecule has 32 heavy (non-hydrogen) atoms. The average molecular weight is 451 g/mol. The summed E-state index contributed by atoms with van der Waals surface area (Å²) in [4.78, 5) is 11.5. The van der Waals surface area contributed by atoms with E-state index >= 15 is 0 Å². The van der Waals surface area contributed by atoms with E-state index in [1.54, 1.807) is 0 Å². The number of unbranched alkanes of at least 4 members (excludes halogenated alkanes) is 19. The predicted octanol–water partition coefficient (Wildman–Crippen LogP) is 10.6. The van der Waals surface area contributed by atoms with Crippen LogP contribution >= 0.6 is 0 Å². The topological polar surface area (TPSA) is 37.3 Å². The molecule has 2 heteroatoms. The molecule has 0 spiro atoms. The summed E-state index contributed by atoms with van der Waals surface area (Å²) in [5.41, 5.74) is 0. The van der Waals surface area contributed by atoms with Crippen LogP contribution in [0.3, 0.4) is 0 Å². The number of carboxylic acids is 1. The van der Waals surface area contributed by atoms with Crippen LogP contribution in [0.25, 0.3) is 0 Å². The molecule has 0 aliphatic heterocycles. The molecule has 0 aliphatic rings. The summed E-state index contributed by atoms with van der Waals surface area (Å²) >= 11 is 0. The first-order valence-corrected chi connectivity index (χ1v) is 14.6. The number of carboxylic acid groups (broad SMARTS) is 1. The fraction of sp³-hybridized carbons (Fsp3) is 0.900. The molecule has 0 aromatic carbocycles. The van der Waals surface area contributed by atoms with Crippen molar-refractivity contribution in [3.05, 3.63) is 12.2 Å². The second-order valence-corrected chi connectivity index (χ2v) is 10.0. The first-order valence-electron chi connectivity index (χ1n) is 14.6. The van der Waals surface area contributed by atoms with E-state index in [2.05, 4.69) is 26.0 Å². The van der Waals surface area contributed by atoms with Crippen molar-refractivity contribution in [2.45, 2.75) is 168 Å². The minimum Gasteiger partial charge on any atom is -0.481 e. The summed E-state index contributed by atoms with van der Waals surface area (Å²) in [6.07, 6.45) is 35.1. The first-order chi connectivity index (χ1) is 15.7. The van der Waals surface area contributed by atoms with Gasteiger partial charge in [-0.15, -0.1) is 0 Å². The third kappa shape index (κ3) is 23.9.